The summed E-state index contributed by atoms with van der Waals surface area (Å²) in [6, 6.07) is 3.41. The standard InChI is InChI=1S/C11H16BrN3O3S/c1-6(2)10(11(14)16)15-19(17,18)9-4-3-7(12)5-8(9)13/h3-6,10,15H,13H2,1-2H3,(H2,14,16). The summed E-state index contributed by atoms with van der Waals surface area (Å²) in [4.78, 5) is 11.2. The SMILES string of the molecule is CC(C)C(NS(=O)(=O)c1ccc(Br)cc1N)C(N)=O. The molecule has 1 amide bonds. The highest BCUT2D eigenvalue weighted by molar-refractivity contribution is 9.10. The summed E-state index contributed by atoms with van der Waals surface area (Å²) in [6.45, 7) is 3.39. The smallest absolute Gasteiger partial charge is 0.243 e. The topological polar surface area (TPSA) is 115 Å². The molecule has 0 aliphatic heterocycles. The van der Waals surface area contributed by atoms with Gasteiger partial charge >= 0.3 is 0 Å². The average molecular weight is 350 g/mol. The number of rotatable bonds is 5. The van der Waals surface area contributed by atoms with Gasteiger partial charge < -0.3 is 11.5 Å². The Kier molecular flexibility index (Phi) is 4.94. The molecule has 1 rings (SSSR count). The lowest BCUT2D eigenvalue weighted by Crippen LogP contribution is -2.47. The summed E-state index contributed by atoms with van der Waals surface area (Å²) in [5.74, 6) is -0.988. The molecule has 1 aromatic rings. The molecular formula is C11H16BrN3O3S. The maximum Gasteiger partial charge on any atom is 0.243 e. The molecule has 6 nitrogen and oxygen atoms in total. The molecule has 1 unspecified atom stereocenters. The van der Waals surface area contributed by atoms with Crippen LogP contribution >= 0.6 is 15.9 Å². The molecule has 0 saturated heterocycles. The van der Waals surface area contributed by atoms with E-state index in [-0.39, 0.29) is 16.5 Å². The molecule has 0 aromatic heterocycles. The number of amides is 1. The van der Waals surface area contributed by atoms with Gasteiger partial charge in [0.1, 0.15) is 10.9 Å². The van der Waals surface area contributed by atoms with Crippen molar-refractivity contribution < 1.29 is 13.2 Å². The first-order valence-electron chi connectivity index (χ1n) is 5.52. The highest BCUT2D eigenvalue weighted by Gasteiger charge is 2.27. The highest BCUT2D eigenvalue weighted by atomic mass is 79.9. The number of carbonyl (C=O) groups excluding carboxylic acids is 1. The van der Waals surface area contributed by atoms with Crippen LogP contribution in [0.15, 0.2) is 27.6 Å². The van der Waals surface area contributed by atoms with Crippen molar-refractivity contribution in [1.82, 2.24) is 4.72 Å². The van der Waals surface area contributed by atoms with Gasteiger partial charge in [-0.15, -0.1) is 0 Å². The fourth-order valence-corrected chi connectivity index (χ4v) is 3.36. The second-order valence-electron chi connectivity index (χ2n) is 4.43. The monoisotopic (exact) mass is 349 g/mol. The Morgan fingerprint density at radius 3 is 2.37 bits per heavy atom. The van der Waals surface area contributed by atoms with E-state index in [1.807, 2.05) is 0 Å². The van der Waals surface area contributed by atoms with Crippen LogP contribution in [0.1, 0.15) is 13.8 Å². The summed E-state index contributed by atoms with van der Waals surface area (Å²) >= 11 is 3.19. The third-order valence-electron chi connectivity index (χ3n) is 2.52. The first-order valence-corrected chi connectivity index (χ1v) is 7.79. The van der Waals surface area contributed by atoms with Crippen molar-refractivity contribution in [1.29, 1.82) is 0 Å². The second-order valence-corrected chi connectivity index (χ2v) is 7.03. The summed E-state index contributed by atoms with van der Waals surface area (Å²) in [5.41, 5.74) is 10.9. The van der Waals surface area contributed by atoms with E-state index in [1.165, 1.54) is 12.1 Å². The van der Waals surface area contributed by atoms with Crippen LogP contribution in [0.5, 0.6) is 0 Å². The third kappa shape index (κ3) is 3.92. The minimum atomic E-state index is -3.89. The van der Waals surface area contributed by atoms with Crippen LogP contribution in [0, 0.1) is 5.92 Å². The van der Waals surface area contributed by atoms with Crippen molar-refractivity contribution >= 4 is 37.5 Å². The fraction of sp³-hybridized carbons (Fsp3) is 0.364. The number of benzene rings is 1. The first kappa shape index (κ1) is 15.9. The van der Waals surface area contributed by atoms with Gasteiger partial charge in [-0.1, -0.05) is 29.8 Å². The summed E-state index contributed by atoms with van der Waals surface area (Å²) in [7, 11) is -3.89. The van der Waals surface area contributed by atoms with Crippen LogP contribution < -0.4 is 16.2 Å². The average Bonchev–Trinajstić information content (AvgIpc) is 2.24. The van der Waals surface area contributed by atoms with Gasteiger partial charge in [0.25, 0.3) is 0 Å². The molecule has 0 spiro atoms. The van der Waals surface area contributed by atoms with E-state index >= 15 is 0 Å². The molecular weight excluding hydrogens is 334 g/mol. The number of nitrogens with one attached hydrogen (secondary N) is 1. The van der Waals surface area contributed by atoms with E-state index in [1.54, 1.807) is 19.9 Å². The van der Waals surface area contributed by atoms with Gasteiger partial charge in [-0.25, -0.2) is 8.42 Å². The maximum absolute atomic E-state index is 12.2. The molecule has 0 saturated carbocycles. The van der Waals surface area contributed by atoms with E-state index in [9.17, 15) is 13.2 Å². The predicted molar refractivity (Wildman–Crippen MR) is 76.7 cm³/mol. The van der Waals surface area contributed by atoms with Gasteiger partial charge in [0, 0.05) is 4.47 Å². The van der Waals surface area contributed by atoms with Gasteiger partial charge in [0.2, 0.25) is 15.9 Å². The highest BCUT2D eigenvalue weighted by Crippen LogP contribution is 2.23. The minimum absolute atomic E-state index is 0.0809. The van der Waals surface area contributed by atoms with Crippen molar-refractivity contribution in [2.45, 2.75) is 24.8 Å². The minimum Gasteiger partial charge on any atom is -0.398 e. The Bertz CT molecular complexity index is 587. The number of anilines is 1. The number of hydrogen-bond donors (Lipinski definition) is 3. The molecule has 5 N–H and O–H groups in total. The van der Waals surface area contributed by atoms with Crippen LogP contribution in [-0.2, 0) is 14.8 Å². The number of halogens is 1. The van der Waals surface area contributed by atoms with E-state index < -0.39 is 22.0 Å². The van der Waals surface area contributed by atoms with Gasteiger partial charge in [0.15, 0.2) is 0 Å². The normalized spacial score (nSPS) is 13.5. The van der Waals surface area contributed by atoms with E-state index in [4.69, 9.17) is 11.5 Å². The summed E-state index contributed by atoms with van der Waals surface area (Å²) < 4.78 is 27.3. The molecule has 0 fully saturated rings. The molecule has 1 aromatic carbocycles. The number of nitrogens with two attached hydrogens (primary N) is 2. The van der Waals surface area contributed by atoms with E-state index in [0.29, 0.717) is 4.47 Å². The Labute approximate surface area is 120 Å². The third-order valence-corrected chi connectivity index (χ3v) is 4.52. The molecule has 0 aliphatic rings. The summed E-state index contributed by atoms with van der Waals surface area (Å²) in [6.07, 6.45) is 0. The Morgan fingerprint density at radius 2 is 1.95 bits per heavy atom. The van der Waals surface area contributed by atoms with Gasteiger partial charge in [-0.05, 0) is 24.1 Å². The fourth-order valence-electron chi connectivity index (χ4n) is 1.52. The van der Waals surface area contributed by atoms with Crippen LogP contribution in [0.25, 0.3) is 0 Å². The van der Waals surface area contributed by atoms with Crippen molar-refractivity contribution in [2.24, 2.45) is 11.7 Å². The largest absolute Gasteiger partial charge is 0.398 e. The molecule has 0 bridgehead atoms. The molecule has 0 aliphatic carbocycles. The Hall–Kier alpha value is -1.12. The van der Waals surface area contributed by atoms with Crippen LogP contribution in [-0.4, -0.2) is 20.4 Å². The van der Waals surface area contributed by atoms with Crippen LogP contribution in [0.2, 0.25) is 0 Å². The molecule has 19 heavy (non-hydrogen) atoms. The first-order chi connectivity index (χ1) is 8.65. The van der Waals surface area contributed by atoms with Crippen molar-refractivity contribution in [3.8, 4) is 0 Å². The lowest BCUT2D eigenvalue weighted by Gasteiger charge is -2.19. The van der Waals surface area contributed by atoms with E-state index in [2.05, 4.69) is 20.7 Å². The quantitative estimate of drug-likeness (QED) is 0.682. The number of primary amides is 1. The zero-order valence-corrected chi connectivity index (χ0v) is 13.0. The number of sulfonamides is 1. The predicted octanol–water partition coefficient (Wildman–Crippen LogP) is 0.820. The lowest BCUT2D eigenvalue weighted by molar-refractivity contribution is -0.120. The van der Waals surface area contributed by atoms with Crippen LogP contribution in [0.4, 0.5) is 5.69 Å². The number of carbonyl (C=O) groups is 1. The molecule has 106 valence electrons. The Morgan fingerprint density at radius 1 is 1.37 bits per heavy atom. The molecule has 0 heterocycles. The number of hydrogen-bond acceptors (Lipinski definition) is 4. The second kappa shape index (κ2) is 5.89. The molecule has 0 radical (unpaired) electrons. The van der Waals surface area contributed by atoms with Gasteiger partial charge in [-0.3, -0.25) is 4.79 Å². The van der Waals surface area contributed by atoms with Gasteiger partial charge in [0.05, 0.1) is 5.69 Å². The number of nitrogen functional groups attached to an aromatic ring is 1. The molecule has 8 heteroatoms. The zero-order valence-electron chi connectivity index (χ0n) is 10.6. The van der Waals surface area contributed by atoms with Crippen molar-refractivity contribution in [2.75, 3.05) is 5.73 Å². The van der Waals surface area contributed by atoms with Crippen molar-refractivity contribution in [3.05, 3.63) is 22.7 Å². The zero-order chi connectivity index (χ0) is 14.8. The van der Waals surface area contributed by atoms with Crippen molar-refractivity contribution in [3.63, 3.8) is 0 Å². The summed E-state index contributed by atoms with van der Waals surface area (Å²) in [5, 5.41) is 0. The van der Waals surface area contributed by atoms with E-state index in [0.717, 1.165) is 0 Å². The Balaban J connectivity index is 3.14. The maximum atomic E-state index is 12.2. The molecule has 1 atom stereocenters. The lowest BCUT2D eigenvalue weighted by atomic mass is 10.1. The van der Waals surface area contributed by atoms with Crippen LogP contribution in [0.3, 0.4) is 0 Å². The van der Waals surface area contributed by atoms with Gasteiger partial charge in [-0.2, -0.15) is 4.72 Å².